The van der Waals surface area contributed by atoms with Gasteiger partial charge in [-0.05, 0) is 38.5 Å². The van der Waals surface area contributed by atoms with Gasteiger partial charge in [-0.25, -0.2) is 0 Å². The molecule has 0 saturated carbocycles. The number of rotatable bonds is 7. The lowest BCUT2D eigenvalue weighted by Gasteiger charge is -2.36. The van der Waals surface area contributed by atoms with Gasteiger partial charge >= 0.3 is 0 Å². The molecule has 20 heavy (non-hydrogen) atoms. The number of nitrogens with zero attached hydrogens (tertiary/aromatic N) is 1. The molecule has 1 aromatic carbocycles. The summed E-state index contributed by atoms with van der Waals surface area (Å²) >= 11 is 0. The van der Waals surface area contributed by atoms with Crippen molar-refractivity contribution in [1.29, 1.82) is 0 Å². The zero-order valence-corrected chi connectivity index (χ0v) is 12.7. The van der Waals surface area contributed by atoms with Gasteiger partial charge in [-0.3, -0.25) is 9.69 Å². The first kappa shape index (κ1) is 16.5. The van der Waals surface area contributed by atoms with E-state index in [1.165, 1.54) is 0 Å². The fourth-order valence-corrected chi connectivity index (χ4v) is 2.40. The third-order valence-electron chi connectivity index (χ3n) is 3.29. The van der Waals surface area contributed by atoms with Crippen LogP contribution in [0.5, 0.6) is 5.75 Å². The molecule has 0 aliphatic carbocycles. The largest absolute Gasteiger partial charge is 0.497 e. The Hall–Kier alpha value is -1.59. The molecule has 1 amide bonds. The molecule has 0 spiro atoms. The molecule has 0 bridgehead atoms. The van der Waals surface area contributed by atoms with Crippen molar-refractivity contribution in [3.05, 3.63) is 29.8 Å². The normalized spacial score (nSPS) is 14.3. The number of nitrogens with two attached hydrogens (primary N) is 2. The van der Waals surface area contributed by atoms with Crippen LogP contribution in [0.25, 0.3) is 0 Å². The second-order valence-electron chi connectivity index (χ2n) is 5.31. The molecular formula is C15H25N3O2. The number of hydrogen-bond donors (Lipinski definition) is 2. The van der Waals surface area contributed by atoms with Gasteiger partial charge in [0.05, 0.1) is 19.7 Å². The maximum Gasteiger partial charge on any atom is 0.231 e. The van der Waals surface area contributed by atoms with E-state index in [4.69, 9.17) is 16.2 Å². The lowest BCUT2D eigenvalue weighted by atomic mass is 9.97. The number of carbonyl (C=O) groups excluding carboxylic acids is 1. The van der Waals surface area contributed by atoms with Crippen molar-refractivity contribution in [2.75, 3.05) is 13.7 Å². The van der Waals surface area contributed by atoms with Crippen LogP contribution in [-0.2, 0) is 4.79 Å². The number of carbonyl (C=O) groups is 1. The van der Waals surface area contributed by atoms with Crippen LogP contribution < -0.4 is 16.2 Å². The molecule has 0 heterocycles. The molecule has 0 aliphatic heterocycles. The van der Waals surface area contributed by atoms with Crippen molar-refractivity contribution in [1.82, 2.24) is 4.90 Å². The van der Waals surface area contributed by atoms with E-state index in [2.05, 4.69) is 0 Å². The minimum atomic E-state index is -0.354. The van der Waals surface area contributed by atoms with Crippen LogP contribution in [0.2, 0.25) is 0 Å². The van der Waals surface area contributed by atoms with Crippen molar-refractivity contribution in [2.24, 2.45) is 11.5 Å². The Morgan fingerprint density at radius 2 is 2.00 bits per heavy atom. The van der Waals surface area contributed by atoms with E-state index in [1.807, 2.05) is 49.9 Å². The second kappa shape index (κ2) is 7.26. The number of methoxy groups -OCH3 is 1. The van der Waals surface area contributed by atoms with E-state index in [0.717, 1.165) is 11.3 Å². The van der Waals surface area contributed by atoms with E-state index in [0.29, 0.717) is 0 Å². The average molecular weight is 279 g/mol. The highest BCUT2D eigenvalue weighted by Crippen LogP contribution is 2.28. The van der Waals surface area contributed by atoms with Gasteiger partial charge < -0.3 is 16.2 Å². The van der Waals surface area contributed by atoms with E-state index in [-0.39, 0.29) is 30.6 Å². The molecule has 4 N–H and O–H groups in total. The molecule has 1 rings (SSSR count). The highest BCUT2D eigenvalue weighted by atomic mass is 16.5. The van der Waals surface area contributed by atoms with Gasteiger partial charge in [-0.15, -0.1) is 0 Å². The summed E-state index contributed by atoms with van der Waals surface area (Å²) in [7, 11) is 1.63. The molecule has 1 aromatic rings. The zero-order chi connectivity index (χ0) is 15.3. The van der Waals surface area contributed by atoms with Crippen molar-refractivity contribution < 1.29 is 9.53 Å². The summed E-state index contributed by atoms with van der Waals surface area (Å²) in [5, 5.41) is 0. The highest BCUT2D eigenvalue weighted by Gasteiger charge is 2.27. The summed E-state index contributed by atoms with van der Waals surface area (Å²) in [6.07, 6.45) is 0. The number of hydrogen-bond acceptors (Lipinski definition) is 4. The third-order valence-corrected chi connectivity index (χ3v) is 3.29. The maximum atomic E-state index is 11.3. The predicted molar refractivity (Wildman–Crippen MR) is 80.4 cm³/mol. The van der Waals surface area contributed by atoms with Crippen LogP contribution in [0.15, 0.2) is 24.3 Å². The van der Waals surface area contributed by atoms with E-state index >= 15 is 0 Å². The minimum absolute atomic E-state index is 0.0856. The fraction of sp³-hybridized carbons (Fsp3) is 0.533. The highest BCUT2D eigenvalue weighted by molar-refractivity contribution is 5.76. The number of primary amides is 1. The third kappa shape index (κ3) is 4.21. The molecule has 5 heteroatoms. The SMILES string of the molecule is COc1cccc(C(C(C)N)N(CC(N)=O)C(C)C)c1. The number of amides is 1. The molecule has 0 radical (unpaired) electrons. The minimum Gasteiger partial charge on any atom is -0.497 e. The first-order chi connectivity index (χ1) is 9.36. The summed E-state index contributed by atoms with van der Waals surface area (Å²) in [5.41, 5.74) is 12.5. The Balaban J connectivity index is 3.16. The molecule has 2 unspecified atom stereocenters. The van der Waals surface area contributed by atoms with E-state index < -0.39 is 0 Å². The van der Waals surface area contributed by atoms with Crippen molar-refractivity contribution in [2.45, 2.75) is 38.9 Å². The monoisotopic (exact) mass is 279 g/mol. The molecule has 5 nitrogen and oxygen atoms in total. The Labute approximate surface area is 120 Å². The lowest BCUT2D eigenvalue weighted by Crippen LogP contribution is -2.46. The van der Waals surface area contributed by atoms with Crippen LogP contribution >= 0.6 is 0 Å². The smallest absolute Gasteiger partial charge is 0.231 e. The first-order valence-electron chi connectivity index (χ1n) is 6.80. The van der Waals surface area contributed by atoms with Gasteiger partial charge in [0.15, 0.2) is 0 Å². The van der Waals surface area contributed by atoms with E-state index in [1.54, 1.807) is 7.11 Å². The van der Waals surface area contributed by atoms with Crippen LogP contribution in [0.3, 0.4) is 0 Å². The zero-order valence-electron chi connectivity index (χ0n) is 12.7. The standard InChI is InChI=1S/C15H25N3O2/c1-10(2)18(9-14(17)19)15(11(3)16)12-6-5-7-13(8-12)20-4/h5-8,10-11,15H,9,16H2,1-4H3,(H2,17,19). The summed E-state index contributed by atoms with van der Waals surface area (Å²) in [6, 6.07) is 7.69. The van der Waals surface area contributed by atoms with Gasteiger partial charge in [0.2, 0.25) is 5.91 Å². The Bertz CT molecular complexity index is 446. The first-order valence-corrected chi connectivity index (χ1v) is 6.80. The van der Waals surface area contributed by atoms with Crippen LogP contribution in [0.1, 0.15) is 32.4 Å². The quantitative estimate of drug-likeness (QED) is 0.787. The van der Waals surface area contributed by atoms with Gasteiger partial charge in [0.25, 0.3) is 0 Å². The van der Waals surface area contributed by atoms with Crippen LogP contribution in [-0.4, -0.2) is 36.5 Å². The van der Waals surface area contributed by atoms with Crippen LogP contribution in [0, 0.1) is 0 Å². The Kier molecular flexibility index (Phi) is 5.98. The van der Waals surface area contributed by atoms with Crippen molar-refractivity contribution >= 4 is 5.91 Å². The van der Waals surface area contributed by atoms with Gasteiger partial charge in [-0.2, -0.15) is 0 Å². The topological polar surface area (TPSA) is 81.6 Å². The molecule has 0 aromatic heterocycles. The summed E-state index contributed by atoms with van der Waals surface area (Å²) in [5.74, 6) is 0.420. The number of benzene rings is 1. The average Bonchev–Trinajstić information content (AvgIpc) is 2.37. The maximum absolute atomic E-state index is 11.3. The summed E-state index contributed by atoms with van der Waals surface area (Å²) in [4.78, 5) is 13.3. The van der Waals surface area contributed by atoms with Gasteiger partial charge in [0, 0.05) is 12.1 Å². The molecule has 0 fully saturated rings. The molecule has 0 saturated heterocycles. The van der Waals surface area contributed by atoms with Gasteiger partial charge in [0.1, 0.15) is 5.75 Å². The summed E-state index contributed by atoms with van der Waals surface area (Å²) < 4.78 is 5.26. The number of ether oxygens (including phenoxy) is 1. The second-order valence-corrected chi connectivity index (χ2v) is 5.31. The molecule has 0 aliphatic rings. The lowest BCUT2D eigenvalue weighted by molar-refractivity contribution is -0.120. The predicted octanol–water partition coefficient (Wildman–Crippen LogP) is 1.28. The van der Waals surface area contributed by atoms with Crippen LogP contribution in [0.4, 0.5) is 0 Å². The Morgan fingerprint density at radius 1 is 1.35 bits per heavy atom. The van der Waals surface area contributed by atoms with E-state index in [9.17, 15) is 4.79 Å². The Morgan fingerprint density at radius 3 is 2.45 bits per heavy atom. The van der Waals surface area contributed by atoms with Crippen molar-refractivity contribution in [3.63, 3.8) is 0 Å². The van der Waals surface area contributed by atoms with Gasteiger partial charge in [-0.1, -0.05) is 12.1 Å². The molecule has 2 atom stereocenters. The fourth-order valence-electron chi connectivity index (χ4n) is 2.40. The molecule has 112 valence electrons. The van der Waals surface area contributed by atoms with Crippen molar-refractivity contribution in [3.8, 4) is 5.75 Å². The molecular weight excluding hydrogens is 254 g/mol. The summed E-state index contributed by atoms with van der Waals surface area (Å²) in [6.45, 7) is 6.17.